The molecule has 0 aromatic rings. The number of amides is 3. The molecule has 2 aliphatic rings. The lowest BCUT2D eigenvalue weighted by Crippen LogP contribution is -2.58. The minimum atomic E-state index is -0.784. The molecule has 0 radical (unpaired) electrons. The molecule has 3 amide bonds. The highest BCUT2D eigenvalue weighted by Gasteiger charge is 2.57. The van der Waals surface area contributed by atoms with Gasteiger partial charge >= 0.3 is 6.09 Å². The molecule has 1 aliphatic carbocycles. The van der Waals surface area contributed by atoms with Crippen molar-refractivity contribution >= 4 is 17.9 Å². The van der Waals surface area contributed by atoms with Gasteiger partial charge in [-0.3, -0.25) is 9.59 Å². The van der Waals surface area contributed by atoms with E-state index in [4.69, 9.17) is 10.5 Å². The maximum absolute atomic E-state index is 13.1. The molecule has 2 rings (SSSR count). The van der Waals surface area contributed by atoms with Crippen LogP contribution in [0.25, 0.3) is 0 Å². The SMILES string of the molecule is CC(C)(C)OC(=O)N[C@H](C(=O)N1[C@H](C(N)=O)C[C@@H]2C[C@@H]21)C(C)(C)C. The molecule has 0 bridgehead atoms. The van der Waals surface area contributed by atoms with E-state index in [0.717, 1.165) is 6.42 Å². The molecular weight excluding hydrogens is 310 g/mol. The molecule has 7 heteroatoms. The Bertz CT molecular complexity index is 547. The number of likely N-dealkylation sites (tertiary alicyclic amines) is 1. The fourth-order valence-electron chi connectivity index (χ4n) is 3.25. The Morgan fingerprint density at radius 2 is 1.71 bits per heavy atom. The van der Waals surface area contributed by atoms with Crippen LogP contribution >= 0.6 is 0 Å². The zero-order valence-electron chi connectivity index (χ0n) is 15.4. The van der Waals surface area contributed by atoms with E-state index in [1.165, 1.54) is 0 Å². The minimum Gasteiger partial charge on any atom is -0.444 e. The van der Waals surface area contributed by atoms with E-state index >= 15 is 0 Å². The molecule has 4 atom stereocenters. The lowest BCUT2D eigenvalue weighted by molar-refractivity contribution is -0.142. The number of hydrogen-bond acceptors (Lipinski definition) is 4. The normalized spacial score (nSPS) is 27.2. The predicted octanol–water partition coefficient (Wildman–Crippen LogP) is 1.40. The minimum absolute atomic E-state index is 0.0697. The molecule has 0 spiro atoms. The number of piperidine rings is 1. The van der Waals surface area contributed by atoms with Crippen molar-refractivity contribution in [3.63, 3.8) is 0 Å². The Kier molecular flexibility index (Phi) is 4.59. The Morgan fingerprint density at radius 1 is 1.12 bits per heavy atom. The number of nitrogens with two attached hydrogens (primary N) is 1. The molecule has 0 aromatic carbocycles. The van der Waals surface area contributed by atoms with Gasteiger partial charge in [0.05, 0.1) is 0 Å². The molecule has 136 valence electrons. The lowest BCUT2D eigenvalue weighted by Gasteiger charge is -2.36. The van der Waals surface area contributed by atoms with Crippen LogP contribution in [-0.2, 0) is 14.3 Å². The van der Waals surface area contributed by atoms with Gasteiger partial charge in [-0.25, -0.2) is 4.79 Å². The molecule has 3 N–H and O–H groups in total. The highest BCUT2D eigenvalue weighted by Crippen LogP contribution is 2.48. The molecule has 24 heavy (non-hydrogen) atoms. The van der Waals surface area contributed by atoms with Crippen molar-refractivity contribution in [3.8, 4) is 0 Å². The topological polar surface area (TPSA) is 102 Å². The van der Waals surface area contributed by atoms with Crippen LogP contribution in [0.3, 0.4) is 0 Å². The molecule has 7 nitrogen and oxygen atoms in total. The van der Waals surface area contributed by atoms with Gasteiger partial charge in [0.25, 0.3) is 0 Å². The molecule has 1 saturated carbocycles. The zero-order chi connectivity index (χ0) is 18.4. The number of hydrogen-bond donors (Lipinski definition) is 2. The number of primary amides is 1. The number of nitrogens with zero attached hydrogens (tertiary/aromatic N) is 1. The van der Waals surface area contributed by atoms with Crippen molar-refractivity contribution in [3.05, 3.63) is 0 Å². The fourth-order valence-corrected chi connectivity index (χ4v) is 3.25. The van der Waals surface area contributed by atoms with Gasteiger partial charge in [-0.15, -0.1) is 0 Å². The van der Waals surface area contributed by atoms with Crippen molar-refractivity contribution in [2.24, 2.45) is 17.1 Å². The summed E-state index contributed by atoms with van der Waals surface area (Å²) >= 11 is 0. The lowest BCUT2D eigenvalue weighted by atomic mass is 9.85. The summed E-state index contributed by atoms with van der Waals surface area (Å²) in [5.41, 5.74) is 4.28. The summed E-state index contributed by atoms with van der Waals surface area (Å²) < 4.78 is 5.28. The van der Waals surface area contributed by atoms with Crippen LogP contribution in [0, 0.1) is 11.3 Å². The Labute approximate surface area is 143 Å². The zero-order valence-corrected chi connectivity index (χ0v) is 15.4. The molecule has 0 unspecified atom stereocenters. The van der Waals surface area contributed by atoms with Gasteiger partial charge in [-0.1, -0.05) is 20.8 Å². The third-order valence-corrected chi connectivity index (χ3v) is 4.46. The van der Waals surface area contributed by atoms with Gasteiger partial charge < -0.3 is 20.7 Å². The third-order valence-electron chi connectivity index (χ3n) is 4.46. The first kappa shape index (κ1) is 18.5. The van der Waals surface area contributed by atoms with Gasteiger partial charge in [-0.2, -0.15) is 0 Å². The smallest absolute Gasteiger partial charge is 0.408 e. The second kappa shape index (κ2) is 5.93. The fraction of sp³-hybridized carbons (Fsp3) is 0.824. The first-order valence-corrected chi connectivity index (χ1v) is 8.42. The number of nitrogens with one attached hydrogen (secondary N) is 1. The number of ether oxygens (including phenoxy) is 1. The summed E-state index contributed by atoms with van der Waals surface area (Å²) in [5.74, 6) is -0.392. The van der Waals surface area contributed by atoms with Gasteiger partial charge in [0, 0.05) is 6.04 Å². The van der Waals surface area contributed by atoms with Crippen LogP contribution in [0.1, 0.15) is 54.4 Å². The highest BCUT2D eigenvalue weighted by molar-refractivity contribution is 5.92. The van der Waals surface area contributed by atoms with Crippen molar-refractivity contribution in [1.29, 1.82) is 0 Å². The standard InChI is InChI=1S/C17H29N3O4/c1-16(2,3)12(19-15(23)24-17(4,5)6)14(22)20-10-7-9(10)8-11(20)13(18)21/h9-12H,7-8H2,1-6H3,(H2,18,21)(H,19,23)/t9-,10-,11-,12+/m0/s1. The molecule has 1 saturated heterocycles. The summed E-state index contributed by atoms with van der Waals surface area (Å²) in [6.45, 7) is 10.9. The summed E-state index contributed by atoms with van der Waals surface area (Å²) in [5, 5.41) is 2.68. The first-order chi connectivity index (χ1) is 10.8. The summed E-state index contributed by atoms with van der Waals surface area (Å²) in [4.78, 5) is 38.5. The van der Waals surface area contributed by atoms with Crippen LogP contribution in [0.4, 0.5) is 4.79 Å². The summed E-state index contributed by atoms with van der Waals surface area (Å²) in [7, 11) is 0. The predicted molar refractivity (Wildman–Crippen MR) is 89.0 cm³/mol. The van der Waals surface area contributed by atoms with Crippen LogP contribution in [0.15, 0.2) is 0 Å². The Balaban J connectivity index is 2.17. The van der Waals surface area contributed by atoms with Crippen LogP contribution in [-0.4, -0.2) is 46.5 Å². The Morgan fingerprint density at radius 3 is 2.17 bits per heavy atom. The molecule has 2 fully saturated rings. The Hall–Kier alpha value is -1.79. The first-order valence-electron chi connectivity index (χ1n) is 8.42. The largest absolute Gasteiger partial charge is 0.444 e. The van der Waals surface area contributed by atoms with Gasteiger partial charge in [0.15, 0.2) is 0 Å². The second-order valence-corrected chi connectivity index (χ2v) is 8.91. The average Bonchev–Trinajstić information content (AvgIpc) is 3.02. The number of carbonyl (C=O) groups is 3. The average molecular weight is 339 g/mol. The van der Waals surface area contributed by atoms with Gasteiger partial charge in [-0.05, 0) is 44.9 Å². The van der Waals surface area contributed by atoms with Crippen LogP contribution < -0.4 is 11.1 Å². The van der Waals surface area contributed by atoms with E-state index in [1.54, 1.807) is 25.7 Å². The molecule has 0 aromatic heterocycles. The highest BCUT2D eigenvalue weighted by atomic mass is 16.6. The summed E-state index contributed by atoms with van der Waals surface area (Å²) in [6, 6.07) is -1.29. The van der Waals surface area contributed by atoms with Crippen molar-refractivity contribution in [1.82, 2.24) is 10.2 Å². The van der Waals surface area contributed by atoms with Crippen LogP contribution in [0.5, 0.6) is 0 Å². The summed E-state index contributed by atoms with van der Waals surface area (Å²) in [6.07, 6.45) is 0.881. The molecule has 1 heterocycles. The van der Waals surface area contributed by atoms with Gasteiger partial charge in [0.2, 0.25) is 11.8 Å². The molecule has 1 aliphatic heterocycles. The van der Waals surface area contributed by atoms with Crippen molar-refractivity contribution in [2.45, 2.75) is 78.1 Å². The van der Waals surface area contributed by atoms with E-state index in [1.807, 2.05) is 20.8 Å². The van der Waals surface area contributed by atoms with Crippen molar-refractivity contribution < 1.29 is 19.1 Å². The van der Waals surface area contributed by atoms with E-state index in [0.29, 0.717) is 12.3 Å². The second-order valence-electron chi connectivity index (χ2n) is 8.91. The molecular formula is C17H29N3O4. The number of carbonyl (C=O) groups excluding carboxylic acids is 3. The maximum Gasteiger partial charge on any atom is 0.408 e. The maximum atomic E-state index is 13.1. The van der Waals surface area contributed by atoms with E-state index < -0.39 is 35.1 Å². The number of fused-ring (bicyclic) bond motifs is 1. The van der Waals surface area contributed by atoms with E-state index in [9.17, 15) is 14.4 Å². The monoisotopic (exact) mass is 339 g/mol. The van der Waals surface area contributed by atoms with E-state index in [-0.39, 0.29) is 11.9 Å². The quantitative estimate of drug-likeness (QED) is 0.811. The van der Waals surface area contributed by atoms with E-state index in [2.05, 4.69) is 5.32 Å². The van der Waals surface area contributed by atoms with Crippen molar-refractivity contribution in [2.75, 3.05) is 0 Å². The third kappa shape index (κ3) is 3.99. The van der Waals surface area contributed by atoms with Crippen LogP contribution in [0.2, 0.25) is 0 Å². The number of rotatable bonds is 3. The van der Waals surface area contributed by atoms with Gasteiger partial charge in [0.1, 0.15) is 17.7 Å². The number of alkyl carbamates (subject to hydrolysis) is 1.